The number of aromatic nitrogens is 2. The normalized spacial score (nSPS) is 11.0. The first kappa shape index (κ1) is 33.9. The lowest BCUT2D eigenvalue weighted by Crippen LogP contribution is -2.04. The summed E-state index contributed by atoms with van der Waals surface area (Å²) in [6.45, 7) is 23.8. The van der Waals surface area contributed by atoms with Crippen LogP contribution in [0.3, 0.4) is 0 Å². The summed E-state index contributed by atoms with van der Waals surface area (Å²) in [6, 6.07) is 58.7. The second-order valence-corrected chi connectivity index (χ2v) is 14.2. The maximum atomic E-state index is 9.89. The Labute approximate surface area is 334 Å². The van der Waals surface area contributed by atoms with Gasteiger partial charge in [-0.05, 0) is 94.0 Å². The van der Waals surface area contributed by atoms with Gasteiger partial charge in [-0.1, -0.05) is 109 Å². The van der Waals surface area contributed by atoms with Crippen LogP contribution in [0.5, 0.6) is 0 Å². The monoisotopic (exact) mass is 736 g/mol. The molecule has 6 nitrogen and oxygen atoms in total. The predicted molar refractivity (Wildman–Crippen MR) is 235 cm³/mol. The molecule has 0 bridgehead atoms. The van der Waals surface area contributed by atoms with Gasteiger partial charge in [0.05, 0.1) is 64.8 Å². The summed E-state index contributed by atoms with van der Waals surface area (Å²) in [7, 11) is 0. The van der Waals surface area contributed by atoms with Crippen LogP contribution in [0.15, 0.2) is 170 Å². The Morgan fingerprint density at radius 3 is 1.41 bits per heavy atom. The van der Waals surface area contributed by atoms with Crippen molar-refractivity contribution in [3.63, 3.8) is 0 Å². The van der Waals surface area contributed by atoms with Crippen LogP contribution in [0, 0.1) is 31.0 Å². The molecule has 0 aliphatic heterocycles. The number of rotatable bonds is 5. The van der Waals surface area contributed by atoms with Crippen LogP contribution in [0.25, 0.3) is 103 Å². The van der Waals surface area contributed by atoms with Gasteiger partial charge in [0.15, 0.2) is 17.1 Å². The first-order valence-electron chi connectivity index (χ1n) is 18.7. The van der Waals surface area contributed by atoms with E-state index >= 15 is 0 Å². The van der Waals surface area contributed by atoms with Gasteiger partial charge < -0.3 is 9.13 Å². The van der Waals surface area contributed by atoms with Gasteiger partial charge in [-0.15, -0.1) is 0 Å². The van der Waals surface area contributed by atoms with Crippen LogP contribution in [-0.2, 0) is 0 Å². The highest BCUT2D eigenvalue weighted by molar-refractivity contribution is 6.13. The van der Waals surface area contributed by atoms with Crippen LogP contribution < -0.4 is 0 Å². The Hall–Kier alpha value is -8.68. The van der Waals surface area contributed by atoms with Crippen molar-refractivity contribution in [2.75, 3.05) is 0 Å². The molecule has 0 radical (unpaired) electrons. The first-order chi connectivity index (χ1) is 28.6. The molecule has 58 heavy (non-hydrogen) atoms. The zero-order valence-electron chi connectivity index (χ0n) is 30.8. The average Bonchev–Trinajstić information content (AvgIpc) is 3.80. The van der Waals surface area contributed by atoms with Crippen molar-refractivity contribution in [2.24, 2.45) is 0 Å². The average molecular weight is 737 g/mol. The minimum Gasteiger partial charge on any atom is -0.308 e. The van der Waals surface area contributed by atoms with E-state index in [2.05, 4.69) is 103 Å². The highest BCUT2D eigenvalue weighted by Gasteiger charge is 2.23. The Bertz CT molecular complexity index is 3520. The molecule has 0 aliphatic carbocycles. The van der Waals surface area contributed by atoms with Crippen molar-refractivity contribution in [1.29, 1.82) is 5.26 Å². The quantitative estimate of drug-likeness (QED) is 0.162. The van der Waals surface area contributed by atoms with Gasteiger partial charge in [0.1, 0.15) is 0 Å². The Morgan fingerprint density at radius 1 is 0.397 bits per heavy atom. The Kier molecular flexibility index (Phi) is 7.92. The molecule has 2 heterocycles. The Morgan fingerprint density at radius 2 is 0.879 bits per heavy atom. The third-order valence-electron chi connectivity index (χ3n) is 11.0. The van der Waals surface area contributed by atoms with Gasteiger partial charge >= 0.3 is 0 Å². The van der Waals surface area contributed by atoms with Crippen LogP contribution >= 0.6 is 0 Å². The van der Waals surface area contributed by atoms with Crippen molar-refractivity contribution >= 4 is 60.7 Å². The van der Waals surface area contributed by atoms with E-state index in [-0.39, 0.29) is 0 Å². The van der Waals surface area contributed by atoms with Gasteiger partial charge in [-0.25, -0.2) is 14.5 Å². The third kappa shape index (κ3) is 5.38. The van der Waals surface area contributed by atoms with Gasteiger partial charge in [0.2, 0.25) is 0 Å². The van der Waals surface area contributed by atoms with E-state index in [0.717, 1.165) is 88.4 Å². The Balaban J connectivity index is 1.35. The lowest BCUT2D eigenvalue weighted by atomic mass is 9.99. The predicted octanol–water partition coefficient (Wildman–Crippen LogP) is 14.4. The summed E-state index contributed by atoms with van der Waals surface area (Å²) in [5.74, 6) is 0. The molecule has 2 aromatic heterocycles. The molecule has 0 unspecified atom stereocenters. The molecule has 0 saturated carbocycles. The number of hydrogen-bond donors (Lipinski definition) is 0. The second-order valence-electron chi connectivity index (χ2n) is 14.2. The van der Waals surface area contributed by atoms with Crippen LogP contribution in [0.1, 0.15) is 5.56 Å². The zero-order valence-corrected chi connectivity index (χ0v) is 30.8. The lowest BCUT2D eigenvalue weighted by molar-refractivity contribution is 1.10. The fourth-order valence-electron chi connectivity index (χ4n) is 8.33. The van der Waals surface area contributed by atoms with E-state index in [1.54, 1.807) is 6.07 Å². The maximum Gasteiger partial charge on any atom is 0.197 e. The molecule has 0 N–H and O–H groups in total. The summed E-state index contributed by atoms with van der Waals surface area (Å²) < 4.78 is 4.55. The largest absolute Gasteiger partial charge is 0.308 e. The fourth-order valence-corrected chi connectivity index (χ4v) is 8.33. The number of benzene rings is 8. The van der Waals surface area contributed by atoms with Crippen molar-refractivity contribution < 1.29 is 0 Å². The summed E-state index contributed by atoms with van der Waals surface area (Å²) in [5, 5.41) is 14.2. The zero-order chi connectivity index (χ0) is 39.3. The number of hydrogen-bond acceptors (Lipinski definition) is 1. The first-order valence-corrected chi connectivity index (χ1v) is 18.7. The maximum absolute atomic E-state index is 9.89. The highest BCUT2D eigenvalue weighted by atomic mass is 15.1. The molecule has 0 fully saturated rings. The molecular formula is C52H28N6. The summed E-state index contributed by atoms with van der Waals surface area (Å²) in [5.41, 5.74) is 13.0. The summed E-state index contributed by atoms with van der Waals surface area (Å²) in [4.78, 5) is 11.5. The van der Waals surface area contributed by atoms with E-state index < -0.39 is 0 Å². The van der Waals surface area contributed by atoms with E-state index in [1.807, 2.05) is 91.0 Å². The van der Waals surface area contributed by atoms with Gasteiger partial charge in [-0.2, -0.15) is 5.26 Å². The van der Waals surface area contributed by atoms with E-state index in [0.29, 0.717) is 22.6 Å². The third-order valence-corrected chi connectivity index (χ3v) is 11.0. The molecule has 0 spiro atoms. The topological polar surface area (TPSA) is 46.7 Å². The minimum absolute atomic E-state index is 0.457. The minimum atomic E-state index is 0.457. The number of nitriles is 1. The number of nitrogens with zero attached hydrogens (tertiary/aromatic N) is 6. The van der Waals surface area contributed by atoms with Crippen molar-refractivity contribution in [2.45, 2.75) is 0 Å². The summed E-state index contributed by atoms with van der Waals surface area (Å²) in [6.07, 6.45) is 0. The summed E-state index contributed by atoms with van der Waals surface area (Å²) >= 11 is 0. The van der Waals surface area contributed by atoms with Crippen molar-refractivity contribution in [3.8, 4) is 50.8 Å². The number of para-hydroxylation sites is 2. The molecule has 10 rings (SSSR count). The van der Waals surface area contributed by atoms with Crippen molar-refractivity contribution in [1.82, 2.24) is 9.13 Å². The molecule has 10 aromatic rings. The van der Waals surface area contributed by atoms with E-state index in [4.69, 9.17) is 19.7 Å². The van der Waals surface area contributed by atoms with Crippen LogP contribution in [0.2, 0.25) is 0 Å². The molecule has 0 aliphatic rings. The smallest absolute Gasteiger partial charge is 0.197 e. The molecule has 6 heteroatoms. The molecule has 266 valence electrons. The molecule has 0 amide bonds. The van der Waals surface area contributed by atoms with Crippen molar-refractivity contribution in [3.05, 3.63) is 210 Å². The SMILES string of the molecule is [C-]#[N+]c1cccc(-c2ccc3c4ccccc4n(-c4cc([N+]#[C-])c(-c5cccc(C#N)c5)cc4-n4c5ccccc5c5ccc(-c6cccc([N+]#[C-])c6)cc54)c3c2)c1. The lowest BCUT2D eigenvalue weighted by Gasteiger charge is -2.20. The molecular weight excluding hydrogens is 709 g/mol. The second kappa shape index (κ2) is 13.6. The van der Waals surface area contributed by atoms with Crippen LogP contribution in [0.4, 0.5) is 17.1 Å². The standard InChI is InChI=1S/C52H28N6/c1-54-39-15-9-12-34(26-39)36-21-23-43-41-17-4-6-19-47(41)57(49(43)28-36)51-30-45(38-14-8-11-33(25-38)32-53)46(56-3)31-52(51)58-48-20-7-5-18-42(48)44-24-22-37(29-50(44)58)35-13-10-16-40(27-35)55-2/h4-31H. The number of fused-ring (bicyclic) bond motifs is 6. The fraction of sp³-hybridized carbons (Fsp3) is 0. The van der Waals surface area contributed by atoms with E-state index in [1.165, 1.54) is 0 Å². The van der Waals surface area contributed by atoms with Crippen LogP contribution in [-0.4, -0.2) is 9.13 Å². The highest BCUT2D eigenvalue weighted by Crippen LogP contribution is 2.44. The van der Waals surface area contributed by atoms with Gasteiger partial charge in [0, 0.05) is 21.5 Å². The molecule has 0 saturated heterocycles. The van der Waals surface area contributed by atoms with Gasteiger partial charge in [0.25, 0.3) is 0 Å². The molecule has 8 aromatic carbocycles. The molecule has 0 atom stereocenters. The van der Waals surface area contributed by atoms with Gasteiger partial charge in [-0.3, -0.25) is 0 Å². The van der Waals surface area contributed by atoms with E-state index in [9.17, 15) is 5.26 Å².